The molecule has 0 spiro atoms. The van der Waals surface area contributed by atoms with Crippen LogP contribution in [0.1, 0.15) is 79.1 Å². The van der Waals surface area contributed by atoms with Crippen LogP contribution in [-0.4, -0.2) is 23.1 Å². The van der Waals surface area contributed by atoms with E-state index in [1.54, 1.807) is 7.11 Å². The Morgan fingerprint density at radius 1 is 0.592 bits per heavy atom. The van der Waals surface area contributed by atoms with Gasteiger partial charge in [-0.15, -0.1) is 56.9 Å². The molecule has 0 aliphatic rings. The molecule has 0 aliphatic carbocycles. The maximum Gasteiger partial charge on any atom is 4.00 e. The van der Waals surface area contributed by atoms with Gasteiger partial charge in [0.05, 0.1) is 7.11 Å². The third-order valence-electron chi connectivity index (χ3n) is 8.27. The van der Waals surface area contributed by atoms with Gasteiger partial charge in [-0.1, -0.05) is 110 Å². The number of hydrogen-bond donors (Lipinski definition) is 0. The molecule has 0 saturated carbocycles. The van der Waals surface area contributed by atoms with Crippen molar-refractivity contribution < 1.29 is 30.9 Å². The fraction of sp³-hybridized carbons (Fsp3) is 0.304. The molecule has 0 heterocycles. The van der Waals surface area contributed by atoms with Crippen molar-refractivity contribution in [1.82, 2.24) is 0 Å². The van der Waals surface area contributed by atoms with Crippen LogP contribution in [-0.2, 0) is 31.6 Å². The van der Waals surface area contributed by atoms with Crippen molar-refractivity contribution in [3.8, 4) is 28.0 Å². The van der Waals surface area contributed by atoms with Gasteiger partial charge >= 0.3 is 26.2 Å². The molecule has 0 bridgehead atoms. The molecule has 0 saturated heterocycles. The molecule has 6 rings (SSSR count). The van der Waals surface area contributed by atoms with Crippen LogP contribution in [0.15, 0.2) is 78.9 Å². The van der Waals surface area contributed by atoms with Crippen molar-refractivity contribution in [2.75, 3.05) is 7.11 Å². The molecule has 0 unspecified atom stereocenters. The predicted molar refractivity (Wildman–Crippen MR) is 216 cm³/mol. The van der Waals surface area contributed by atoms with E-state index in [1.165, 1.54) is 88.3 Å². The molecular formula is C46H54OSiZr. The monoisotopic (exact) mass is 740 g/mol. The van der Waals surface area contributed by atoms with E-state index < -0.39 is 0 Å². The van der Waals surface area contributed by atoms with E-state index in [0.717, 1.165) is 5.75 Å². The van der Waals surface area contributed by atoms with Crippen LogP contribution < -0.4 is 4.74 Å². The second-order valence-electron chi connectivity index (χ2n) is 14.3. The number of fused-ring (bicyclic) bond motifs is 2. The van der Waals surface area contributed by atoms with Gasteiger partial charge in [0.15, 0.2) is 0 Å². The van der Waals surface area contributed by atoms with Crippen molar-refractivity contribution in [1.29, 1.82) is 0 Å². The van der Waals surface area contributed by atoms with Gasteiger partial charge in [-0.25, -0.2) is 0 Å². The van der Waals surface area contributed by atoms with Crippen LogP contribution >= 0.6 is 0 Å². The summed E-state index contributed by atoms with van der Waals surface area (Å²) in [6, 6.07) is 29.5. The van der Waals surface area contributed by atoms with Crippen LogP contribution in [0.5, 0.6) is 5.75 Å². The Hall–Kier alpha value is -3.13. The van der Waals surface area contributed by atoms with Crippen LogP contribution in [0, 0.1) is 54.9 Å². The Bertz CT molecular complexity index is 1960. The largest absolute Gasteiger partial charge is 4.00 e. The normalized spacial score (nSPS) is 10.6. The predicted octanol–water partition coefficient (Wildman–Crippen LogP) is 12.6. The third-order valence-corrected chi connectivity index (χ3v) is 8.27. The minimum absolute atomic E-state index is 0. The zero-order valence-electron chi connectivity index (χ0n) is 32.1. The number of hydrogen-bond acceptors (Lipinski definition) is 1. The first-order valence-corrected chi connectivity index (χ1v) is 17.4. The number of methoxy groups -OCH3 is 1. The number of benzene rings is 4. The summed E-state index contributed by atoms with van der Waals surface area (Å²) in [6.07, 6.45) is 6.31. The van der Waals surface area contributed by atoms with Gasteiger partial charge in [0.1, 0.15) is 5.75 Å². The Balaban J connectivity index is 0.000000301. The minimum atomic E-state index is 0. The molecule has 0 amide bonds. The van der Waals surface area contributed by atoms with Gasteiger partial charge in [0.25, 0.3) is 0 Å². The Kier molecular flexibility index (Phi) is 15.6. The van der Waals surface area contributed by atoms with Crippen molar-refractivity contribution in [3.05, 3.63) is 130 Å². The smallest absolute Gasteiger partial charge is 0.530 e. The van der Waals surface area contributed by atoms with Crippen LogP contribution in [0.4, 0.5) is 0 Å². The molecule has 3 heteroatoms. The quantitative estimate of drug-likeness (QED) is 0.130. The van der Waals surface area contributed by atoms with Crippen LogP contribution in [0.3, 0.4) is 0 Å². The maximum absolute atomic E-state index is 5.95. The van der Waals surface area contributed by atoms with Crippen molar-refractivity contribution in [3.63, 3.8) is 0 Å². The van der Waals surface area contributed by atoms with E-state index in [-0.39, 0.29) is 31.6 Å². The summed E-state index contributed by atoms with van der Waals surface area (Å²) in [6.45, 7) is 25.9. The molecule has 49 heavy (non-hydrogen) atoms. The Morgan fingerprint density at radius 2 is 1.00 bits per heavy atom. The average Bonchev–Trinajstić information content (AvgIpc) is 3.56. The summed E-state index contributed by atoms with van der Waals surface area (Å²) in [5.41, 5.74) is 15.6. The number of rotatable bonds is 3. The van der Waals surface area contributed by atoms with E-state index in [4.69, 9.17) is 4.74 Å². The van der Waals surface area contributed by atoms with E-state index in [9.17, 15) is 0 Å². The summed E-state index contributed by atoms with van der Waals surface area (Å²) in [7, 11) is 4.26. The van der Waals surface area contributed by atoms with Gasteiger partial charge < -0.3 is 17.3 Å². The third kappa shape index (κ3) is 10.4. The minimum Gasteiger partial charge on any atom is -0.530 e. The average molecular weight is 742 g/mol. The van der Waals surface area contributed by atoms with Crippen LogP contribution in [0.25, 0.3) is 43.8 Å². The van der Waals surface area contributed by atoms with E-state index in [0.29, 0.717) is 0 Å². The molecule has 1 nitrogen and oxygen atoms in total. The van der Waals surface area contributed by atoms with Gasteiger partial charge in [-0.2, -0.15) is 26.0 Å². The van der Waals surface area contributed by atoms with Crippen LogP contribution in [0.2, 0.25) is 0 Å². The Morgan fingerprint density at radius 3 is 1.45 bits per heavy atom. The maximum atomic E-state index is 5.95. The molecular weight excluding hydrogens is 688 g/mol. The molecule has 2 radical (unpaired) electrons. The SMILES string of the molecule is COc1c(C(C)(C)C)cc2[cH-]c(C)cc2c1-c1cc(C)cc(C)c1.C[CH-]C.Cc1cc(C)cc(-c2cc(C)cc3[cH-]c(C)cc23)c1.[CH-]=[Si].[Zr+4]. The first kappa shape index (κ1) is 42.0. The fourth-order valence-corrected chi connectivity index (χ4v) is 6.65. The number of aryl methyl sites for hydroxylation is 7. The summed E-state index contributed by atoms with van der Waals surface area (Å²) < 4.78 is 5.95. The summed E-state index contributed by atoms with van der Waals surface area (Å²) in [5.74, 6) is 1.01. The molecule has 0 atom stereocenters. The van der Waals surface area contributed by atoms with E-state index >= 15 is 0 Å². The fourth-order valence-electron chi connectivity index (χ4n) is 6.65. The second kappa shape index (κ2) is 18.2. The number of ether oxygens (including phenoxy) is 1. The first-order chi connectivity index (χ1) is 22.6. The van der Waals surface area contributed by atoms with E-state index in [2.05, 4.69) is 164 Å². The summed E-state index contributed by atoms with van der Waals surface area (Å²) in [5, 5.41) is 5.30. The zero-order chi connectivity index (χ0) is 35.9. The second-order valence-corrected chi connectivity index (χ2v) is 14.3. The van der Waals surface area contributed by atoms with Gasteiger partial charge in [-0.05, 0) is 62.3 Å². The first-order valence-electron chi connectivity index (χ1n) is 16.8. The van der Waals surface area contributed by atoms with Gasteiger partial charge in [0, 0.05) is 0 Å². The topological polar surface area (TPSA) is 9.23 Å². The molecule has 6 aromatic carbocycles. The van der Waals surface area contributed by atoms with E-state index in [1.807, 2.05) is 20.3 Å². The molecule has 0 fully saturated rings. The van der Waals surface area contributed by atoms with Gasteiger partial charge in [0.2, 0.25) is 0 Å². The standard InChI is InChI=1S/C23H27O.C19H19.C3H7.CHSi.Zr/c1-14-8-15(2)11-18(10-14)21-19-12-16(3)9-17(19)13-20(22(21)24-7)23(4,5)6;1-12-5-13(2)7-16(6-12)18-10-14(3)8-17-9-15(4)11-19(17)18;1-3-2;1-2;/h8-13H,1-7H3;5-11H,1-4H3;3H,1-2H3;1H;/q4*-1;+4. The summed E-state index contributed by atoms with van der Waals surface area (Å²) in [4.78, 5) is 0. The summed E-state index contributed by atoms with van der Waals surface area (Å²) >= 11 is 0. The molecule has 0 N–H and O–H groups in total. The molecule has 252 valence electrons. The van der Waals surface area contributed by atoms with Crippen molar-refractivity contribution in [2.24, 2.45) is 0 Å². The molecule has 6 aromatic rings. The zero-order valence-corrected chi connectivity index (χ0v) is 35.5. The van der Waals surface area contributed by atoms with Crippen molar-refractivity contribution >= 4 is 37.6 Å². The molecule has 0 aliphatic heterocycles. The van der Waals surface area contributed by atoms with Crippen molar-refractivity contribution in [2.45, 2.75) is 88.5 Å². The van der Waals surface area contributed by atoms with Gasteiger partial charge in [-0.3, -0.25) is 9.85 Å². The molecule has 0 aromatic heterocycles. The Labute approximate surface area is 320 Å².